The lowest BCUT2D eigenvalue weighted by atomic mass is 9.97. The van der Waals surface area contributed by atoms with Crippen molar-refractivity contribution in [3.05, 3.63) is 17.5 Å². The standard InChI is InChI=1S/C10H17N3O/c1-7-5-12-13(2)9(7)10(14)8-3-4-11-6-8/h5,8,10-11,14H,3-4,6H2,1-2H3/t8-,10?/m0/s1. The molecule has 1 saturated heterocycles. The van der Waals surface area contributed by atoms with Gasteiger partial charge in [-0.3, -0.25) is 4.68 Å². The summed E-state index contributed by atoms with van der Waals surface area (Å²) in [7, 11) is 1.88. The molecular weight excluding hydrogens is 178 g/mol. The highest BCUT2D eigenvalue weighted by Gasteiger charge is 2.27. The van der Waals surface area contributed by atoms with Crippen LogP contribution in [0.1, 0.15) is 23.8 Å². The number of aromatic nitrogens is 2. The number of aliphatic hydroxyl groups is 1. The van der Waals surface area contributed by atoms with Gasteiger partial charge < -0.3 is 10.4 Å². The molecule has 0 spiro atoms. The van der Waals surface area contributed by atoms with Crippen molar-refractivity contribution in [2.24, 2.45) is 13.0 Å². The van der Waals surface area contributed by atoms with Crippen LogP contribution in [0, 0.1) is 12.8 Å². The highest BCUT2D eigenvalue weighted by molar-refractivity contribution is 5.19. The Kier molecular flexibility index (Phi) is 2.56. The van der Waals surface area contributed by atoms with Crippen molar-refractivity contribution in [2.75, 3.05) is 13.1 Å². The molecule has 2 N–H and O–H groups in total. The van der Waals surface area contributed by atoms with Crippen LogP contribution in [0.4, 0.5) is 0 Å². The highest BCUT2D eigenvalue weighted by Crippen LogP contribution is 2.27. The van der Waals surface area contributed by atoms with Gasteiger partial charge in [-0.15, -0.1) is 0 Å². The quantitative estimate of drug-likeness (QED) is 0.717. The lowest BCUT2D eigenvalue weighted by molar-refractivity contribution is 0.109. The van der Waals surface area contributed by atoms with E-state index in [2.05, 4.69) is 10.4 Å². The van der Waals surface area contributed by atoms with Crippen molar-refractivity contribution in [3.8, 4) is 0 Å². The van der Waals surface area contributed by atoms with Gasteiger partial charge in [0, 0.05) is 19.5 Å². The van der Waals surface area contributed by atoms with E-state index < -0.39 is 0 Å². The zero-order valence-electron chi connectivity index (χ0n) is 8.70. The molecule has 1 aromatic heterocycles. The second kappa shape index (κ2) is 3.71. The molecule has 1 aromatic rings. The minimum atomic E-state index is -0.377. The van der Waals surface area contributed by atoms with Gasteiger partial charge in [-0.1, -0.05) is 0 Å². The van der Waals surface area contributed by atoms with E-state index in [4.69, 9.17) is 0 Å². The zero-order chi connectivity index (χ0) is 10.1. The molecule has 2 heterocycles. The first-order valence-corrected chi connectivity index (χ1v) is 5.07. The molecule has 0 amide bonds. The van der Waals surface area contributed by atoms with Crippen LogP contribution in [-0.4, -0.2) is 28.0 Å². The summed E-state index contributed by atoms with van der Waals surface area (Å²) in [4.78, 5) is 0. The molecule has 4 nitrogen and oxygen atoms in total. The average Bonchev–Trinajstić information content (AvgIpc) is 2.75. The summed E-state index contributed by atoms with van der Waals surface area (Å²) in [6, 6.07) is 0. The van der Waals surface area contributed by atoms with Crippen LogP contribution < -0.4 is 5.32 Å². The largest absolute Gasteiger partial charge is 0.386 e. The van der Waals surface area contributed by atoms with E-state index >= 15 is 0 Å². The fourth-order valence-electron chi connectivity index (χ4n) is 2.15. The van der Waals surface area contributed by atoms with Gasteiger partial charge in [0.25, 0.3) is 0 Å². The van der Waals surface area contributed by atoms with E-state index in [0.717, 1.165) is 30.8 Å². The molecular formula is C10H17N3O. The fourth-order valence-corrected chi connectivity index (χ4v) is 2.15. The normalized spacial score (nSPS) is 24.1. The number of hydrogen-bond acceptors (Lipinski definition) is 3. The zero-order valence-corrected chi connectivity index (χ0v) is 8.70. The molecule has 78 valence electrons. The predicted molar refractivity (Wildman–Crippen MR) is 53.9 cm³/mol. The first-order valence-electron chi connectivity index (χ1n) is 5.07. The fraction of sp³-hybridized carbons (Fsp3) is 0.700. The molecule has 0 radical (unpaired) electrons. The smallest absolute Gasteiger partial charge is 0.0999 e. The molecule has 4 heteroatoms. The van der Waals surface area contributed by atoms with Crippen LogP contribution in [-0.2, 0) is 7.05 Å². The summed E-state index contributed by atoms with van der Waals surface area (Å²) in [5.74, 6) is 0.337. The molecule has 1 aliphatic rings. The second-order valence-corrected chi connectivity index (χ2v) is 4.03. The van der Waals surface area contributed by atoms with Crippen LogP contribution in [0.15, 0.2) is 6.20 Å². The van der Waals surface area contributed by atoms with Crippen molar-refractivity contribution < 1.29 is 5.11 Å². The second-order valence-electron chi connectivity index (χ2n) is 4.03. The third kappa shape index (κ3) is 1.55. The van der Waals surface area contributed by atoms with Crippen LogP contribution in [0.2, 0.25) is 0 Å². The Balaban J connectivity index is 2.21. The van der Waals surface area contributed by atoms with Gasteiger partial charge in [0.15, 0.2) is 0 Å². The van der Waals surface area contributed by atoms with Crippen molar-refractivity contribution in [2.45, 2.75) is 19.4 Å². The molecule has 1 aliphatic heterocycles. The Morgan fingerprint density at radius 3 is 3.00 bits per heavy atom. The number of aliphatic hydroxyl groups excluding tert-OH is 1. The van der Waals surface area contributed by atoms with Gasteiger partial charge in [0.1, 0.15) is 0 Å². The Morgan fingerprint density at radius 1 is 1.71 bits per heavy atom. The Morgan fingerprint density at radius 2 is 2.50 bits per heavy atom. The van der Waals surface area contributed by atoms with E-state index in [1.807, 2.05) is 14.0 Å². The maximum atomic E-state index is 10.2. The first-order chi connectivity index (χ1) is 6.70. The SMILES string of the molecule is Cc1cnn(C)c1C(O)[C@H]1CCNC1. The maximum absolute atomic E-state index is 10.2. The molecule has 1 fully saturated rings. The Bertz CT molecular complexity index is 296. The summed E-state index contributed by atoms with van der Waals surface area (Å²) in [5, 5.41) is 17.6. The minimum absolute atomic E-state index is 0.337. The average molecular weight is 195 g/mol. The number of nitrogens with zero attached hydrogens (tertiary/aromatic N) is 2. The van der Waals surface area contributed by atoms with Crippen LogP contribution in [0.5, 0.6) is 0 Å². The van der Waals surface area contributed by atoms with Gasteiger partial charge in [-0.25, -0.2) is 0 Å². The summed E-state index contributed by atoms with van der Waals surface area (Å²) < 4.78 is 1.78. The number of aryl methyl sites for hydroxylation is 2. The first kappa shape index (κ1) is 9.68. The van der Waals surface area contributed by atoms with Crippen molar-refractivity contribution >= 4 is 0 Å². The molecule has 2 atom stereocenters. The van der Waals surface area contributed by atoms with E-state index in [1.165, 1.54) is 0 Å². The lowest BCUT2D eigenvalue weighted by Gasteiger charge is -2.18. The van der Waals surface area contributed by atoms with E-state index in [9.17, 15) is 5.11 Å². The molecule has 1 unspecified atom stereocenters. The van der Waals surface area contributed by atoms with Crippen LogP contribution in [0.25, 0.3) is 0 Å². The number of nitrogens with one attached hydrogen (secondary N) is 1. The summed E-state index contributed by atoms with van der Waals surface area (Å²) in [6.45, 7) is 3.92. The molecule has 0 aliphatic carbocycles. The maximum Gasteiger partial charge on any atom is 0.0999 e. The monoisotopic (exact) mass is 195 g/mol. The number of rotatable bonds is 2. The number of hydrogen-bond donors (Lipinski definition) is 2. The lowest BCUT2D eigenvalue weighted by Crippen LogP contribution is -2.19. The molecule has 14 heavy (non-hydrogen) atoms. The van der Waals surface area contributed by atoms with Crippen LogP contribution >= 0.6 is 0 Å². The summed E-state index contributed by atoms with van der Waals surface area (Å²) in [5.41, 5.74) is 2.03. The van der Waals surface area contributed by atoms with Gasteiger partial charge in [-0.2, -0.15) is 5.10 Å². The van der Waals surface area contributed by atoms with E-state index in [1.54, 1.807) is 10.9 Å². The predicted octanol–water partition coefficient (Wildman–Crippen LogP) is 0.371. The van der Waals surface area contributed by atoms with Gasteiger partial charge >= 0.3 is 0 Å². The van der Waals surface area contributed by atoms with Crippen molar-refractivity contribution in [3.63, 3.8) is 0 Å². The van der Waals surface area contributed by atoms with E-state index in [0.29, 0.717) is 5.92 Å². The third-order valence-electron chi connectivity index (χ3n) is 3.00. The Hall–Kier alpha value is -0.870. The topological polar surface area (TPSA) is 50.1 Å². The molecule has 0 saturated carbocycles. The van der Waals surface area contributed by atoms with Gasteiger partial charge in [0.2, 0.25) is 0 Å². The Labute approximate surface area is 83.9 Å². The minimum Gasteiger partial charge on any atom is -0.386 e. The van der Waals surface area contributed by atoms with Gasteiger partial charge in [-0.05, 0) is 25.5 Å². The third-order valence-corrected chi connectivity index (χ3v) is 3.00. The summed E-state index contributed by atoms with van der Waals surface area (Å²) >= 11 is 0. The van der Waals surface area contributed by atoms with E-state index in [-0.39, 0.29) is 6.10 Å². The summed E-state index contributed by atoms with van der Waals surface area (Å²) in [6.07, 6.45) is 2.48. The van der Waals surface area contributed by atoms with Crippen LogP contribution in [0.3, 0.4) is 0 Å². The highest BCUT2D eigenvalue weighted by atomic mass is 16.3. The van der Waals surface area contributed by atoms with Crippen molar-refractivity contribution in [1.29, 1.82) is 0 Å². The molecule has 0 aromatic carbocycles. The van der Waals surface area contributed by atoms with Gasteiger partial charge in [0.05, 0.1) is 18.0 Å². The van der Waals surface area contributed by atoms with Crippen molar-refractivity contribution in [1.82, 2.24) is 15.1 Å². The molecule has 0 bridgehead atoms. The molecule has 2 rings (SSSR count).